The lowest BCUT2D eigenvalue weighted by Crippen LogP contribution is -2.20. The Balaban J connectivity index is 1.22. The van der Waals surface area contributed by atoms with Crippen molar-refractivity contribution in [2.75, 3.05) is 18.3 Å². The highest BCUT2D eigenvalue weighted by molar-refractivity contribution is 7.94. The fraction of sp³-hybridized carbons (Fsp3) is 0.222. The molecule has 5 aromatic rings. The number of anilines is 1. The number of rotatable bonds is 9. The van der Waals surface area contributed by atoms with Gasteiger partial charge in [-0.05, 0) is 92.3 Å². The average molecular weight is 542 g/mol. The Hall–Kier alpha value is -3.34. The number of sulfonamides is 1. The third kappa shape index (κ3) is 5.51. The summed E-state index contributed by atoms with van der Waals surface area (Å²) in [5.74, 6) is -0.749. The molecule has 0 saturated heterocycles. The van der Waals surface area contributed by atoms with Crippen molar-refractivity contribution in [1.82, 2.24) is 10.1 Å². The molecule has 3 aromatic carbocycles. The van der Waals surface area contributed by atoms with Crippen LogP contribution in [0.25, 0.3) is 21.1 Å². The van der Waals surface area contributed by atoms with E-state index in [1.54, 1.807) is 25.1 Å². The SMILES string of the molecule is Cc1c(S(=O)(=O)Nc2cccc(CN(C)CCCc3noc4cc(F)ccc34)c2)sc2ccc(F)cc12. The smallest absolute Gasteiger partial charge is 0.271 e. The molecule has 0 fully saturated rings. The van der Waals surface area contributed by atoms with Crippen LogP contribution in [0.1, 0.15) is 23.2 Å². The Morgan fingerprint density at radius 3 is 2.65 bits per heavy atom. The van der Waals surface area contributed by atoms with E-state index in [-0.39, 0.29) is 10.0 Å². The van der Waals surface area contributed by atoms with Gasteiger partial charge in [0.2, 0.25) is 0 Å². The molecular weight excluding hydrogens is 516 g/mol. The molecule has 192 valence electrons. The van der Waals surface area contributed by atoms with Gasteiger partial charge in [0.1, 0.15) is 15.8 Å². The molecule has 0 amide bonds. The second-order valence-corrected chi connectivity index (χ2v) is 12.0. The van der Waals surface area contributed by atoms with E-state index in [0.29, 0.717) is 35.2 Å². The molecule has 6 nitrogen and oxygen atoms in total. The van der Waals surface area contributed by atoms with E-state index >= 15 is 0 Å². The number of thiophene rings is 1. The lowest BCUT2D eigenvalue weighted by molar-refractivity contribution is 0.320. The first kappa shape index (κ1) is 25.3. The van der Waals surface area contributed by atoms with Crippen LogP contribution in [0.2, 0.25) is 0 Å². The van der Waals surface area contributed by atoms with Gasteiger partial charge < -0.3 is 9.42 Å². The van der Waals surface area contributed by atoms with Crippen molar-refractivity contribution in [2.24, 2.45) is 0 Å². The number of halogens is 2. The standard InChI is InChI=1S/C27H25F2N3O3S2/c1-17-23-14-19(28)9-11-26(23)36-27(17)37(33,34)31-21-6-3-5-18(13-21)16-32(2)12-4-7-24-22-10-8-20(29)15-25(22)35-30-24/h3,5-6,8-11,13-15,31H,4,7,12,16H2,1-2H3. The zero-order valence-electron chi connectivity index (χ0n) is 20.3. The Labute approximate surface area is 217 Å². The molecule has 2 aromatic heterocycles. The van der Waals surface area contributed by atoms with Crippen LogP contribution in [0.4, 0.5) is 14.5 Å². The summed E-state index contributed by atoms with van der Waals surface area (Å²) in [5.41, 5.74) is 3.21. The fourth-order valence-corrected chi connectivity index (χ4v) is 7.21. The van der Waals surface area contributed by atoms with Crippen LogP contribution in [0.5, 0.6) is 0 Å². The van der Waals surface area contributed by atoms with Crippen LogP contribution in [0.3, 0.4) is 0 Å². The Bertz CT molecular complexity index is 1700. The molecule has 0 saturated carbocycles. The van der Waals surface area contributed by atoms with Gasteiger partial charge in [-0.25, -0.2) is 17.2 Å². The van der Waals surface area contributed by atoms with Crippen LogP contribution in [-0.2, 0) is 23.0 Å². The van der Waals surface area contributed by atoms with Crippen LogP contribution >= 0.6 is 11.3 Å². The van der Waals surface area contributed by atoms with Crippen molar-refractivity contribution in [2.45, 2.75) is 30.5 Å². The minimum Gasteiger partial charge on any atom is -0.356 e. The summed E-state index contributed by atoms with van der Waals surface area (Å²) in [6.07, 6.45) is 1.52. The topological polar surface area (TPSA) is 75.4 Å². The van der Waals surface area contributed by atoms with E-state index in [0.717, 1.165) is 45.6 Å². The van der Waals surface area contributed by atoms with Crippen molar-refractivity contribution >= 4 is 48.1 Å². The summed E-state index contributed by atoms with van der Waals surface area (Å²) in [6.45, 7) is 3.10. The summed E-state index contributed by atoms with van der Waals surface area (Å²) in [4.78, 5) is 2.14. The van der Waals surface area contributed by atoms with Crippen molar-refractivity contribution < 1.29 is 21.7 Å². The number of nitrogens with zero attached hydrogens (tertiary/aromatic N) is 2. The largest absolute Gasteiger partial charge is 0.356 e. The molecule has 2 heterocycles. The first-order chi connectivity index (χ1) is 17.7. The molecule has 0 radical (unpaired) electrons. The van der Waals surface area contributed by atoms with Crippen LogP contribution < -0.4 is 4.72 Å². The van der Waals surface area contributed by atoms with Crippen molar-refractivity contribution in [1.29, 1.82) is 0 Å². The normalized spacial score (nSPS) is 12.1. The molecule has 0 aliphatic carbocycles. The summed E-state index contributed by atoms with van der Waals surface area (Å²) in [5, 5.41) is 5.49. The van der Waals surface area contributed by atoms with Crippen molar-refractivity contribution in [3.63, 3.8) is 0 Å². The first-order valence-electron chi connectivity index (χ1n) is 11.7. The Kier molecular flexibility index (Phi) is 6.98. The van der Waals surface area contributed by atoms with E-state index in [2.05, 4.69) is 14.8 Å². The molecule has 37 heavy (non-hydrogen) atoms. The second kappa shape index (κ2) is 10.2. The third-order valence-corrected chi connectivity index (χ3v) is 9.47. The minimum absolute atomic E-state index is 0.179. The molecular formula is C27H25F2N3O3S2. The zero-order valence-corrected chi connectivity index (χ0v) is 21.9. The third-order valence-electron chi connectivity index (χ3n) is 6.19. The van der Waals surface area contributed by atoms with Gasteiger partial charge in [0.05, 0.1) is 5.69 Å². The van der Waals surface area contributed by atoms with Crippen LogP contribution in [-0.4, -0.2) is 32.1 Å². The molecule has 1 N–H and O–H groups in total. The van der Waals surface area contributed by atoms with E-state index in [1.165, 1.54) is 24.3 Å². The molecule has 0 spiro atoms. The molecule has 10 heteroatoms. The minimum atomic E-state index is -3.83. The number of nitrogens with one attached hydrogen (secondary N) is 1. The summed E-state index contributed by atoms with van der Waals surface area (Å²) in [6, 6.07) is 16.0. The molecule has 0 bridgehead atoms. The van der Waals surface area contributed by atoms with E-state index in [1.807, 2.05) is 25.2 Å². The van der Waals surface area contributed by atoms with Gasteiger partial charge in [0, 0.05) is 28.4 Å². The van der Waals surface area contributed by atoms with Crippen molar-refractivity contribution in [3.8, 4) is 0 Å². The summed E-state index contributed by atoms with van der Waals surface area (Å²) in [7, 11) is -1.84. The van der Waals surface area contributed by atoms with E-state index in [9.17, 15) is 17.2 Å². The number of hydrogen-bond acceptors (Lipinski definition) is 6. The lowest BCUT2D eigenvalue weighted by Gasteiger charge is -2.17. The summed E-state index contributed by atoms with van der Waals surface area (Å²) >= 11 is 1.13. The Morgan fingerprint density at radius 2 is 1.81 bits per heavy atom. The quantitative estimate of drug-likeness (QED) is 0.231. The monoisotopic (exact) mass is 541 g/mol. The Morgan fingerprint density at radius 1 is 1.03 bits per heavy atom. The maximum atomic E-state index is 13.7. The zero-order chi connectivity index (χ0) is 26.2. The molecule has 0 atom stereocenters. The first-order valence-corrected chi connectivity index (χ1v) is 14.0. The number of aromatic nitrogens is 1. The summed E-state index contributed by atoms with van der Waals surface area (Å²) < 4.78 is 62.1. The number of aryl methyl sites for hydroxylation is 2. The number of benzene rings is 3. The predicted octanol–water partition coefficient (Wildman–Crippen LogP) is 6.49. The van der Waals surface area contributed by atoms with Crippen LogP contribution in [0, 0.1) is 18.6 Å². The molecule has 0 aliphatic rings. The number of fused-ring (bicyclic) bond motifs is 2. The van der Waals surface area contributed by atoms with Gasteiger partial charge in [-0.1, -0.05) is 17.3 Å². The van der Waals surface area contributed by atoms with Gasteiger partial charge in [0.15, 0.2) is 5.58 Å². The van der Waals surface area contributed by atoms with Crippen molar-refractivity contribution in [3.05, 3.63) is 89.1 Å². The maximum Gasteiger partial charge on any atom is 0.271 e. The van der Waals surface area contributed by atoms with E-state index in [4.69, 9.17) is 4.52 Å². The van der Waals surface area contributed by atoms with Gasteiger partial charge in [-0.15, -0.1) is 11.3 Å². The highest BCUT2D eigenvalue weighted by Crippen LogP contribution is 2.35. The highest BCUT2D eigenvalue weighted by atomic mass is 32.2. The highest BCUT2D eigenvalue weighted by Gasteiger charge is 2.22. The van der Waals surface area contributed by atoms with Gasteiger partial charge in [0.25, 0.3) is 10.0 Å². The molecule has 0 unspecified atom stereocenters. The van der Waals surface area contributed by atoms with Gasteiger partial charge in [-0.2, -0.15) is 0 Å². The maximum absolute atomic E-state index is 13.7. The van der Waals surface area contributed by atoms with E-state index < -0.39 is 15.8 Å². The lowest BCUT2D eigenvalue weighted by atomic mass is 10.1. The van der Waals surface area contributed by atoms with Gasteiger partial charge in [-0.3, -0.25) is 4.72 Å². The fourth-order valence-electron chi connectivity index (χ4n) is 4.41. The molecule has 5 rings (SSSR count). The molecule has 0 aliphatic heterocycles. The van der Waals surface area contributed by atoms with Crippen LogP contribution in [0.15, 0.2) is 69.4 Å². The average Bonchev–Trinajstić information content (AvgIpc) is 3.39. The second-order valence-electron chi connectivity index (χ2n) is 9.07. The van der Waals surface area contributed by atoms with Gasteiger partial charge >= 0.3 is 0 Å². The predicted molar refractivity (Wildman–Crippen MR) is 142 cm³/mol. The number of hydrogen-bond donors (Lipinski definition) is 1.